The van der Waals surface area contributed by atoms with Gasteiger partial charge in [-0.3, -0.25) is 4.21 Å². The molecule has 2 nitrogen and oxygen atoms in total. The van der Waals surface area contributed by atoms with Crippen LogP contribution in [0.2, 0.25) is 0 Å². The van der Waals surface area contributed by atoms with Crippen LogP contribution >= 0.6 is 11.8 Å². The Hall–Kier alpha value is 0.0200. The number of nitrogens with one attached hydrogen (secondary N) is 1. The summed E-state index contributed by atoms with van der Waals surface area (Å²) >= 11 is 1.78. The number of hydrogen-bond donors (Lipinski definition) is 1. The molecule has 0 radical (unpaired) electrons. The predicted molar refractivity (Wildman–Crippen MR) is 65.1 cm³/mol. The highest BCUT2D eigenvalue weighted by molar-refractivity contribution is 7.99. The minimum atomic E-state index is -0.543. The summed E-state index contributed by atoms with van der Waals surface area (Å²) in [5, 5.41) is 3.48. The first-order chi connectivity index (χ1) is 6.83. The second kappa shape index (κ2) is 7.33. The highest BCUT2D eigenvalue weighted by atomic mass is 32.2. The van der Waals surface area contributed by atoms with Crippen molar-refractivity contribution in [1.82, 2.24) is 5.32 Å². The zero-order valence-corrected chi connectivity index (χ0v) is 9.96. The van der Waals surface area contributed by atoms with Crippen LogP contribution in [-0.4, -0.2) is 39.8 Å². The van der Waals surface area contributed by atoms with Crippen molar-refractivity contribution in [3.05, 3.63) is 0 Å². The average Bonchev–Trinajstić information content (AvgIpc) is 2.21. The van der Waals surface area contributed by atoms with Crippen LogP contribution in [-0.2, 0) is 10.8 Å². The highest BCUT2D eigenvalue weighted by Gasteiger charge is 2.16. The van der Waals surface area contributed by atoms with Crippen LogP contribution in [0.3, 0.4) is 0 Å². The summed E-state index contributed by atoms with van der Waals surface area (Å²) in [5.41, 5.74) is 0. The van der Waals surface area contributed by atoms with Gasteiger partial charge in [-0.15, -0.1) is 18.2 Å². The number of hydrogen-bond acceptors (Lipinski definition) is 3. The molecule has 0 amide bonds. The lowest BCUT2D eigenvalue weighted by molar-refractivity contribution is 0.491. The van der Waals surface area contributed by atoms with E-state index in [9.17, 15) is 4.21 Å². The fourth-order valence-electron chi connectivity index (χ4n) is 1.46. The van der Waals surface area contributed by atoms with E-state index in [1.165, 1.54) is 0 Å². The van der Waals surface area contributed by atoms with Crippen molar-refractivity contribution < 1.29 is 4.21 Å². The minimum Gasteiger partial charge on any atom is -0.313 e. The van der Waals surface area contributed by atoms with Crippen LogP contribution < -0.4 is 5.32 Å². The molecule has 0 aromatic carbocycles. The Morgan fingerprint density at radius 1 is 1.50 bits per heavy atom. The summed E-state index contributed by atoms with van der Waals surface area (Å²) in [4.78, 5) is 0. The van der Waals surface area contributed by atoms with Crippen molar-refractivity contribution >= 4 is 22.6 Å². The predicted octanol–water partition coefficient (Wildman–Crippen LogP) is 0.853. The molecule has 0 aliphatic carbocycles. The topological polar surface area (TPSA) is 29.1 Å². The van der Waals surface area contributed by atoms with Crippen LogP contribution in [0.15, 0.2) is 0 Å². The van der Waals surface area contributed by atoms with Gasteiger partial charge in [0, 0.05) is 40.6 Å². The lowest BCUT2D eigenvalue weighted by Crippen LogP contribution is -2.36. The van der Waals surface area contributed by atoms with Gasteiger partial charge in [-0.1, -0.05) is 5.92 Å². The molecule has 0 atom stereocenters. The molecular weight excluding hydrogens is 214 g/mol. The molecule has 1 heterocycles. The van der Waals surface area contributed by atoms with Gasteiger partial charge < -0.3 is 5.32 Å². The van der Waals surface area contributed by atoms with Crippen LogP contribution in [0.1, 0.15) is 12.8 Å². The van der Waals surface area contributed by atoms with Crippen molar-refractivity contribution in [2.24, 2.45) is 0 Å². The molecule has 0 aromatic rings. The molecule has 0 saturated carbocycles. The van der Waals surface area contributed by atoms with E-state index in [0.717, 1.165) is 42.4 Å². The van der Waals surface area contributed by atoms with Gasteiger partial charge in [0.05, 0.1) is 5.75 Å². The van der Waals surface area contributed by atoms with E-state index in [4.69, 9.17) is 6.42 Å². The molecule has 1 aliphatic heterocycles. The lowest BCUT2D eigenvalue weighted by Gasteiger charge is -2.22. The van der Waals surface area contributed by atoms with E-state index in [1.807, 2.05) is 0 Å². The fourth-order valence-corrected chi connectivity index (χ4v) is 3.29. The molecule has 0 unspecified atom stereocenters. The zero-order chi connectivity index (χ0) is 10.2. The Labute approximate surface area is 93.1 Å². The SMILES string of the molecule is C#CCSCCNC1CCS(=O)CC1. The summed E-state index contributed by atoms with van der Waals surface area (Å²) in [7, 11) is -0.543. The molecule has 1 aliphatic rings. The van der Waals surface area contributed by atoms with Crippen LogP contribution in [0.25, 0.3) is 0 Å². The summed E-state index contributed by atoms with van der Waals surface area (Å²) in [6.07, 6.45) is 7.27. The Bertz CT molecular complexity index is 215. The molecule has 1 rings (SSSR count). The largest absolute Gasteiger partial charge is 0.313 e. The van der Waals surface area contributed by atoms with Gasteiger partial charge in [0.25, 0.3) is 0 Å². The van der Waals surface area contributed by atoms with Crippen molar-refractivity contribution in [3.63, 3.8) is 0 Å². The van der Waals surface area contributed by atoms with Crippen LogP contribution in [0, 0.1) is 12.3 Å². The van der Waals surface area contributed by atoms with Gasteiger partial charge in [0.2, 0.25) is 0 Å². The van der Waals surface area contributed by atoms with Gasteiger partial charge in [0.1, 0.15) is 0 Å². The third kappa shape index (κ3) is 5.04. The zero-order valence-electron chi connectivity index (χ0n) is 8.33. The third-order valence-corrected chi connectivity index (χ3v) is 4.50. The lowest BCUT2D eigenvalue weighted by atomic mass is 10.1. The second-order valence-electron chi connectivity index (χ2n) is 3.33. The van der Waals surface area contributed by atoms with Crippen LogP contribution in [0.5, 0.6) is 0 Å². The van der Waals surface area contributed by atoms with E-state index in [2.05, 4.69) is 11.2 Å². The van der Waals surface area contributed by atoms with E-state index in [0.29, 0.717) is 6.04 Å². The highest BCUT2D eigenvalue weighted by Crippen LogP contribution is 2.09. The normalized spacial score (nSPS) is 27.1. The number of rotatable bonds is 5. The quantitative estimate of drug-likeness (QED) is 0.562. The number of terminal acetylenes is 1. The third-order valence-electron chi connectivity index (χ3n) is 2.25. The smallest absolute Gasteiger partial charge is 0.0545 e. The van der Waals surface area contributed by atoms with Gasteiger partial charge in [-0.25, -0.2) is 0 Å². The summed E-state index contributed by atoms with van der Waals surface area (Å²) in [6, 6.07) is 0.583. The molecule has 1 N–H and O–H groups in total. The molecule has 14 heavy (non-hydrogen) atoms. The first kappa shape index (κ1) is 12.1. The van der Waals surface area contributed by atoms with Gasteiger partial charge in [-0.05, 0) is 12.8 Å². The number of thioether (sulfide) groups is 1. The van der Waals surface area contributed by atoms with Gasteiger partial charge >= 0.3 is 0 Å². The van der Waals surface area contributed by atoms with E-state index in [-0.39, 0.29) is 0 Å². The summed E-state index contributed by atoms with van der Waals surface area (Å²) < 4.78 is 11.1. The van der Waals surface area contributed by atoms with Crippen molar-refractivity contribution in [1.29, 1.82) is 0 Å². The molecule has 0 spiro atoms. The Morgan fingerprint density at radius 3 is 2.86 bits per heavy atom. The Kier molecular flexibility index (Phi) is 6.33. The Morgan fingerprint density at radius 2 is 2.21 bits per heavy atom. The van der Waals surface area contributed by atoms with Gasteiger partial charge in [-0.2, -0.15) is 0 Å². The minimum absolute atomic E-state index is 0.543. The van der Waals surface area contributed by atoms with Crippen molar-refractivity contribution in [3.8, 4) is 12.3 Å². The molecule has 0 aromatic heterocycles. The monoisotopic (exact) mass is 231 g/mol. The maximum Gasteiger partial charge on any atom is 0.0545 e. The molecular formula is C10H17NOS2. The van der Waals surface area contributed by atoms with Crippen molar-refractivity contribution in [2.75, 3.05) is 29.6 Å². The Balaban J connectivity index is 1.97. The van der Waals surface area contributed by atoms with Crippen molar-refractivity contribution in [2.45, 2.75) is 18.9 Å². The van der Waals surface area contributed by atoms with Gasteiger partial charge in [0.15, 0.2) is 0 Å². The first-order valence-electron chi connectivity index (χ1n) is 4.92. The standard InChI is InChI=1S/C10H17NOS2/c1-2-6-13-7-5-11-10-3-8-14(12)9-4-10/h1,10-11H,3-9H2. The molecule has 80 valence electrons. The van der Waals surface area contributed by atoms with E-state index < -0.39 is 10.8 Å². The van der Waals surface area contributed by atoms with E-state index >= 15 is 0 Å². The maximum absolute atomic E-state index is 11.1. The first-order valence-corrected chi connectivity index (χ1v) is 7.57. The maximum atomic E-state index is 11.1. The summed E-state index contributed by atoms with van der Waals surface area (Å²) in [6.45, 7) is 1.02. The second-order valence-corrected chi connectivity index (χ2v) is 6.13. The molecule has 0 bridgehead atoms. The summed E-state index contributed by atoms with van der Waals surface area (Å²) in [5.74, 6) is 6.22. The van der Waals surface area contributed by atoms with Crippen LogP contribution in [0.4, 0.5) is 0 Å². The van der Waals surface area contributed by atoms with E-state index in [1.54, 1.807) is 11.8 Å². The molecule has 1 saturated heterocycles. The average molecular weight is 231 g/mol. The molecule has 1 fully saturated rings. The fraction of sp³-hybridized carbons (Fsp3) is 0.800. The molecule has 4 heteroatoms.